The molecular formula is C17H22IN5O. The summed E-state index contributed by atoms with van der Waals surface area (Å²) in [4.78, 5) is 8.80. The molecule has 3 aromatic rings. The van der Waals surface area contributed by atoms with E-state index in [4.69, 9.17) is 4.42 Å². The van der Waals surface area contributed by atoms with Crippen LogP contribution in [0.5, 0.6) is 0 Å². The van der Waals surface area contributed by atoms with Crippen LogP contribution in [0, 0.1) is 0 Å². The van der Waals surface area contributed by atoms with Gasteiger partial charge in [0, 0.05) is 45.4 Å². The quantitative estimate of drug-likeness (QED) is 0.352. The van der Waals surface area contributed by atoms with Crippen molar-refractivity contribution in [2.75, 3.05) is 20.1 Å². The fourth-order valence-electron chi connectivity index (χ4n) is 2.40. The zero-order valence-corrected chi connectivity index (χ0v) is 15.9. The van der Waals surface area contributed by atoms with Crippen molar-refractivity contribution in [3.8, 4) is 0 Å². The minimum Gasteiger partial charge on any atom is -0.469 e. The first-order chi connectivity index (χ1) is 11.3. The van der Waals surface area contributed by atoms with Gasteiger partial charge in [0.1, 0.15) is 11.4 Å². The Balaban J connectivity index is 0.00000208. The molecule has 6 nitrogen and oxygen atoms in total. The second-order valence-electron chi connectivity index (χ2n) is 5.20. The first-order valence-electron chi connectivity index (χ1n) is 7.74. The molecule has 0 unspecified atom stereocenters. The number of pyridine rings is 1. The first kappa shape index (κ1) is 18.3. The first-order valence-corrected chi connectivity index (χ1v) is 7.74. The molecule has 3 aromatic heterocycles. The summed E-state index contributed by atoms with van der Waals surface area (Å²) in [6, 6.07) is 9.88. The van der Waals surface area contributed by atoms with E-state index in [-0.39, 0.29) is 24.0 Å². The largest absolute Gasteiger partial charge is 0.469 e. The lowest BCUT2D eigenvalue weighted by atomic mass is 10.3. The van der Waals surface area contributed by atoms with E-state index in [0.717, 1.165) is 49.0 Å². The van der Waals surface area contributed by atoms with E-state index in [9.17, 15) is 0 Å². The Kier molecular flexibility index (Phi) is 7.10. The number of guanidine groups is 1. The second kappa shape index (κ2) is 9.31. The highest BCUT2D eigenvalue weighted by Crippen LogP contribution is 2.04. The summed E-state index contributed by atoms with van der Waals surface area (Å²) in [6.07, 6.45) is 7.44. The fraction of sp³-hybridized carbons (Fsp3) is 0.294. The van der Waals surface area contributed by atoms with Crippen LogP contribution >= 0.6 is 24.0 Å². The second-order valence-corrected chi connectivity index (χ2v) is 5.20. The smallest absolute Gasteiger partial charge is 0.191 e. The van der Waals surface area contributed by atoms with Gasteiger partial charge in [0.05, 0.1) is 12.0 Å². The molecule has 24 heavy (non-hydrogen) atoms. The number of halogens is 1. The SMILES string of the molecule is CN=C(NCCc1cn2ccccc2n1)NCCc1ccco1.I. The van der Waals surface area contributed by atoms with Crippen molar-refractivity contribution in [2.24, 2.45) is 4.99 Å². The number of nitrogens with one attached hydrogen (secondary N) is 2. The Morgan fingerprint density at radius 3 is 2.71 bits per heavy atom. The van der Waals surface area contributed by atoms with Crippen LogP contribution in [0.1, 0.15) is 11.5 Å². The van der Waals surface area contributed by atoms with Crippen LogP contribution in [-0.2, 0) is 12.8 Å². The summed E-state index contributed by atoms with van der Waals surface area (Å²) in [5.74, 6) is 1.76. The van der Waals surface area contributed by atoms with E-state index >= 15 is 0 Å². The zero-order chi connectivity index (χ0) is 15.9. The third-order valence-corrected chi connectivity index (χ3v) is 3.56. The van der Waals surface area contributed by atoms with Crippen LogP contribution in [0.2, 0.25) is 0 Å². The molecule has 0 aliphatic heterocycles. The molecule has 3 rings (SSSR count). The number of imidazole rings is 1. The summed E-state index contributed by atoms with van der Waals surface area (Å²) >= 11 is 0. The Bertz CT molecular complexity index is 733. The minimum atomic E-state index is 0. The van der Waals surface area contributed by atoms with E-state index in [0.29, 0.717) is 0 Å². The Morgan fingerprint density at radius 2 is 2.00 bits per heavy atom. The molecule has 0 aliphatic rings. The van der Waals surface area contributed by atoms with Crippen molar-refractivity contribution in [3.63, 3.8) is 0 Å². The normalized spacial score (nSPS) is 11.3. The standard InChI is InChI=1S/C17H21N5O.HI/c1-18-17(20-10-8-15-5-4-12-23-15)19-9-7-14-13-22-11-3-2-6-16(22)21-14;/h2-6,11-13H,7-10H2,1H3,(H2,18,19,20);1H. The molecular weight excluding hydrogens is 417 g/mol. The molecule has 0 radical (unpaired) electrons. The highest BCUT2D eigenvalue weighted by molar-refractivity contribution is 14.0. The van der Waals surface area contributed by atoms with Crippen LogP contribution < -0.4 is 10.6 Å². The molecule has 0 spiro atoms. The number of aromatic nitrogens is 2. The predicted octanol–water partition coefficient (Wildman–Crippen LogP) is 2.50. The average Bonchev–Trinajstić information content (AvgIpc) is 3.22. The lowest BCUT2D eigenvalue weighted by Gasteiger charge is -2.10. The van der Waals surface area contributed by atoms with Gasteiger partial charge in [0.2, 0.25) is 0 Å². The van der Waals surface area contributed by atoms with Gasteiger partial charge in [-0.2, -0.15) is 0 Å². The molecule has 0 atom stereocenters. The highest BCUT2D eigenvalue weighted by atomic mass is 127. The lowest BCUT2D eigenvalue weighted by molar-refractivity contribution is 0.507. The molecule has 0 fully saturated rings. The molecule has 0 aliphatic carbocycles. The minimum absolute atomic E-state index is 0. The molecule has 2 N–H and O–H groups in total. The Hall–Kier alpha value is -2.03. The van der Waals surface area contributed by atoms with Crippen molar-refractivity contribution >= 4 is 35.6 Å². The van der Waals surface area contributed by atoms with E-state index in [1.165, 1.54) is 0 Å². The molecule has 0 saturated heterocycles. The van der Waals surface area contributed by atoms with E-state index in [1.54, 1.807) is 13.3 Å². The summed E-state index contributed by atoms with van der Waals surface area (Å²) in [5.41, 5.74) is 2.04. The Labute approximate surface area is 158 Å². The molecule has 3 heterocycles. The molecule has 0 bridgehead atoms. The number of rotatable bonds is 6. The van der Waals surface area contributed by atoms with Crippen molar-refractivity contribution < 1.29 is 4.42 Å². The summed E-state index contributed by atoms with van der Waals surface area (Å²) < 4.78 is 7.34. The maximum Gasteiger partial charge on any atom is 0.191 e. The van der Waals surface area contributed by atoms with E-state index < -0.39 is 0 Å². The lowest BCUT2D eigenvalue weighted by Crippen LogP contribution is -2.39. The van der Waals surface area contributed by atoms with Gasteiger partial charge in [0.15, 0.2) is 5.96 Å². The zero-order valence-electron chi connectivity index (χ0n) is 13.6. The van der Waals surface area contributed by atoms with Gasteiger partial charge in [-0.25, -0.2) is 4.98 Å². The third kappa shape index (κ3) is 4.98. The highest BCUT2D eigenvalue weighted by Gasteiger charge is 2.02. The predicted molar refractivity (Wildman–Crippen MR) is 106 cm³/mol. The van der Waals surface area contributed by atoms with E-state index in [2.05, 4.69) is 26.8 Å². The monoisotopic (exact) mass is 439 g/mol. The topological polar surface area (TPSA) is 66.9 Å². The van der Waals surface area contributed by atoms with Crippen LogP contribution in [0.25, 0.3) is 5.65 Å². The average molecular weight is 439 g/mol. The molecule has 0 aromatic carbocycles. The molecule has 7 heteroatoms. The number of fused-ring (bicyclic) bond motifs is 1. The molecule has 128 valence electrons. The van der Waals surface area contributed by atoms with Crippen molar-refractivity contribution in [2.45, 2.75) is 12.8 Å². The van der Waals surface area contributed by atoms with Gasteiger partial charge in [0.25, 0.3) is 0 Å². The van der Waals surface area contributed by atoms with E-state index in [1.807, 2.05) is 40.9 Å². The maximum atomic E-state index is 5.31. The Morgan fingerprint density at radius 1 is 1.17 bits per heavy atom. The van der Waals surface area contributed by atoms with Gasteiger partial charge in [-0.15, -0.1) is 24.0 Å². The van der Waals surface area contributed by atoms with Crippen LogP contribution in [0.3, 0.4) is 0 Å². The summed E-state index contributed by atoms with van der Waals surface area (Å²) in [6.45, 7) is 1.56. The van der Waals surface area contributed by atoms with Crippen LogP contribution in [0.4, 0.5) is 0 Å². The number of hydrogen-bond acceptors (Lipinski definition) is 3. The van der Waals surface area contributed by atoms with Gasteiger partial charge < -0.3 is 19.5 Å². The van der Waals surface area contributed by atoms with Crippen molar-refractivity contribution in [1.82, 2.24) is 20.0 Å². The number of hydrogen-bond donors (Lipinski definition) is 2. The van der Waals surface area contributed by atoms with Crippen LogP contribution in [0.15, 0.2) is 58.4 Å². The van der Waals surface area contributed by atoms with Crippen molar-refractivity contribution in [1.29, 1.82) is 0 Å². The molecule has 0 saturated carbocycles. The fourth-order valence-corrected chi connectivity index (χ4v) is 2.40. The summed E-state index contributed by atoms with van der Waals surface area (Å²) in [5, 5.41) is 6.58. The van der Waals surface area contributed by atoms with Gasteiger partial charge in [-0.05, 0) is 24.3 Å². The third-order valence-electron chi connectivity index (χ3n) is 3.56. The van der Waals surface area contributed by atoms with Gasteiger partial charge in [-0.1, -0.05) is 6.07 Å². The summed E-state index contributed by atoms with van der Waals surface area (Å²) in [7, 11) is 1.77. The van der Waals surface area contributed by atoms with Gasteiger partial charge in [-0.3, -0.25) is 4.99 Å². The number of furan rings is 1. The maximum absolute atomic E-state index is 5.31. The van der Waals surface area contributed by atoms with Crippen LogP contribution in [-0.4, -0.2) is 35.5 Å². The van der Waals surface area contributed by atoms with Gasteiger partial charge >= 0.3 is 0 Å². The van der Waals surface area contributed by atoms with Crippen molar-refractivity contribution in [3.05, 3.63) is 60.4 Å². The molecule has 0 amide bonds. The number of aliphatic imine (C=N–C) groups is 1. The number of nitrogens with zero attached hydrogens (tertiary/aromatic N) is 3.